The van der Waals surface area contributed by atoms with Crippen molar-refractivity contribution in [2.45, 2.75) is 32.7 Å². The molecule has 0 aliphatic heterocycles. The number of hydrogen-bond donors (Lipinski definition) is 1. The fourth-order valence-electron chi connectivity index (χ4n) is 2.37. The van der Waals surface area contributed by atoms with Crippen LogP contribution in [0.1, 0.15) is 36.6 Å². The van der Waals surface area contributed by atoms with E-state index < -0.39 is 0 Å². The van der Waals surface area contributed by atoms with Crippen LogP contribution in [0.25, 0.3) is 0 Å². The van der Waals surface area contributed by atoms with Crippen LogP contribution >= 0.6 is 27.3 Å². The van der Waals surface area contributed by atoms with E-state index in [4.69, 9.17) is 0 Å². The Morgan fingerprint density at radius 3 is 2.62 bits per heavy atom. The minimum atomic E-state index is -0.0837. The van der Waals surface area contributed by atoms with Crippen molar-refractivity contribution in [3.8, 4) is 0 Å². The number of thiophene rings is 1. The van der Waals surface area contributed by atoms with Crippen LogP contribution in [0.3, 0.4) is 0 Å². The maximum absolute atomic E-state index is 12.6. The van der Waals surface area contributed by atoms with Crippen LogP contribution in [0.2, 0.25) is 0 Å². The van der Waals surface area contributed by atoms with E-state index >= 15 is 0 Å². The molecule has 2 atom stereocenters. The Balaban J connectivity index is 2.08. The minimum absolute atomic E-state index is 0.0837. The molecule has 21 heavy (non-hydrogen) atoms. The summed E-state index contributed by atoms with van der Waals surface area (Å²) >= 11 is 5.09. The molecule has 0 saturated heterocycles. The molecule has 1 aromatic carbocycles. The highest BCUT2D eigenvalue weighted by Gasteiger charge is 2.25. The van der Waals surface area contributed by atoms with E-state index in [0.717, 1.165) is 21.3 Å². The Hall–Kier alpha value is -1.13. The van der Waals surface area contributed by atoms with Gasteiger partial charge in [0.2, 0.25) is 5.91 Å². The van der Waals surface area contributed by atoms with Gasteiger partial charge in [-0.3, -0.25) is 4.79 Å². The first kappa shape index (κ1) is 16.2. The Labute approximate surface area is 138 Å². The molecule has 2 nitrogen and oxygen atoms in total. The molecular formula is C17H20BrNOS. The van der Waals surface area contributed by atoms with Crippen LogP contribution in [0.5, 0.6) is 0 Å². The van der Waals surface area contributed by atoms with Crippen LogP contribution < -0.4 is 5.32 Å². The molecule has 1 aromatic heterocycles. The number of carbonyl (C=O) groups is 1. The van der Waals surface area contributed by atoms with E-state index in [1.807, 2.05) is 41.8 Å². The van der Waals surface area contributed by atoms with Crippen molar-refractivity contribution in [1.29, 1.82) is 0 Å². The van der Waals surface area contributed by atoms with Gasteiger partial charge in [-0.25, -0.2) is 0 Å². The second kappa shape index (κ2) is 7.76. The average molecular weight is 366 g/mol. The third-order valence-corrected chi connectivity index (χ3v) is 5.41. The van der Waals surface area contributed by atoms with Crippen LogP contribution in [0, 0.1) is 5.92 Å². The number of benzene rings is 1. The standard InChI is InChI=1S/C17H20BrNOS/c1-3-12(2)16(13-7-5-4-6-8-13)17(20)19-10-15-9-14(18)11-21-15/h4-9,11-12,16H,3,10H2,1-2H3,(H,19,20). The molecule has 2 rings (SSSR count). The number of halogens is 1. The fourth-order valence-corrected chi connectivity index (χ4v) is 3.76. The van der Waals surface area contributed by atoms with E-state index in [1.165, 1.54) is 0 Å². The first-order chi connectivity index (χ1) is 10.1. The van der Waals surface area contributed by atoms with Gasteiger partial charge in [-0.05, 0) is 33.5 Å². The van der Waals surface area contributed by atoms with Crippen molar-refractivity contribution < 1.29 is 4.79 Å². The van der Waals surface area contributed by atoms with Gasteiger partial charge in [-0.15, -0.1) is 11.3 Å². The molecule has 2 unspecified atom stereocenters. The van der Waals surface area contributed by atoms with Gasteiger partial charge in [0, 0.05) is 14.7 Å². The fraction of sp³-hybridized carbons (Fsp3) is 0.353. The molecule has 0 bridgehead atoms. The molecule has 0 saturated carbocycles. The summed E-state index contributed by atoms with van der Waals surface area (Å²) in [5.41, 5.74) is 1.09. The molecule has 112 valence electrons. The van der Waals surface area contributed by atoms with Crippen molar-refractivity contribution in [1.82, 2.24) is 5.32 Å². The number of rotatable bonds is 6. The zero-order valence-electron chi connectivity index (χ0n) is 12.3. The first-order valence-corrected chi connectivity index (χ1v) is 8.84. The molecule has 0 radical (unpaired) electrons. The van der Waals surface area contributed by atoms with Crippen LogP contribution in [-0.4, -0.2) is 5.91 Å². The van der Waals surface area contributed by atoms with Crippen LogP contribution in [-0.2, 0) is 11.3 Å². The molecule has 2 aromatic rings. The van der Waals surface area contributed by atoms with Crippen molar-refractivity contribution >= 4 is 33.2 Å². The third-order valence-electron chi connectivity index (χ3n) is 3.71. The molecule has 1 heterocycles. The lowest BCUT2D eigenvalue weighted by Crippen LogP contribution is -2.32. The lowest BCUT2D eigenvalue weighted by atomic mass is 9.85. The highest BCUT2D eigenvalue weighted by Crippen LogP contribution is 2.27. The summed E-state index contributed by atoms with van der Waals surface area (Å²) < 4.78 is 1.07. The Morgan fingerprint density at radius 1 is 1.33 bits per heavy atom. The van der Waals surface area contributed by atoms with Gasteiger partial charge in [0.25, 0.3) is 0 Å². The third kappa shape index (κ3) is 4.42. The van der Waals surface area contributed by atoms with E-state index in [9.17, 15) is 4.79 Å². The van der Waals surface area contributed by atoms with Crippen LogP contribution in [0.4, 0.5) is 0 Å². The smallest absolute Gasteiger partial charge is 0.228 e. The van der Waals surface area contributed by atoms with Gasteiger partial charge < -0.3 is 5.32 Å². The quantitative estimate of drug-likeness (QED) is 0.770. The van der Waals surface area contributed by atoms with Crippen molar-refractivity contribution in [3.63, 3.8) is 0 Å². The molecule has 1 amide bonds. The second-order valence-corrected chi connectivity index (χ2v) is 7.13. The monoisotopic (exact) mass is 365 g/mol. The summed E-state index contributed by atoms with van der Waals surface area (Å²) in [6, 6.07) is 12.1. The first-order valence-electron chi connectivity index (χ1n) is 7.17. The second-order valence-electron chi connectivity index (χ2n) is 5.22. The summed E-state index contributed by atoms with van der Waals surface area (Å²) in [6.07, 6.45) is 0.984. The Kier molecular flexibility index (Phi) is 6.00. The topological polar surface area (TPSA) is 29.1 Å². The van der Waals surface area contributed by atoms with Gasteiger partial charge in [0.05, 0.1) is 12.5 Å². The maximum Gasteiger partial charge on any atom is 0.228 e. The molecule has 1 N–H and O–H groups in total. The highest BCUT2D eigenvalue weighted by molar-refractivity contribution is 9.10. The van der Waals surface area contributed by atoms with E-state index in [1.54, 1.807) is 11.3 Å². The zero-order chi connectivity index (χ0) is 15.2. The predicted octanol–water partition coefficient (Wildman–Crippen LogP) is 4.96. The predicted molar refractivity (Wildman–Crippen MR) is 92.5 cm³/mol. The van der Waals surface area contributed by atoms with Crippen molar-refractivity contribution in [2.24, 2.45) is 5.92 Å². The number of nitrogens with one attached hydrogen (secondary N) is 1. The maximum atomic E-state index is 12.6. The van der Waals surface area contributed by atoms with Crippen molar-refractivity contribution in [2.75, 3.05) is 0 Å². The van der Waals surface area contributed by atoms with Gasteiger partial charge in [-0.2, -0.15) is 0 Å². The molecule has 0 spiro atoms. The molecule has 4 heteroatoms. The van der Waals surface area contributed by atoms with Gasteiger partial charge >= 0.3 is 0 Å². The summed E-state index contributed by atoms with van der Waals surface area (Å²) in [7, 11) is 0. The highest BCUT2D eigenvalue weighted by atomic mass is 79.9. The van der Waals surface area contributed by atoms with Gasteiger partial charge in [0.1, 0.15) is 0 Å². The summed E-state index contributed by atoms with van der Waals surface area (Å²) in [5, 5.41) is 5.11. The normalized spacial score (nSPS) is 13.7. The van der Waals surface area contributed by atoms with Gasteiger partial charge in [-0.1, -0.05) is 50.6 Å². The van der Waals surface area contributed by atoms with E-state index in [2.05, 4.69) is 35.1 Å². The van der Waals surface area contributed by atoms with E-state index in [0.29, 0.717) is 12.5 Å². The van der Waals surface area contributed by atoms with E-state index in [-0.39, 0.29) is 11.8 Å². The largest absolute Gasteiger partial charge is 0.351 e. The number of amides is 1. The molecule has 0 fully saturated rings. The van der Waals surface area contributed by atoms with Gasteiger partial charge in [0.15, 0.2) is 0 Å². The average Bonchev–Trinajstić information content (AvgIpc) is 2.92. The number of carbonyl (C=O) groups excluding carboxylic acids is 1. The Morgan fingerprint density at radius 2 is 2.05 bits per heavy atom. The lowest BCUT2D eigenvalue weighted by Gasteiger charge is -2.22. The minimum Gasteiger partial charge on any atom is -0.351 e. The lowest BCUT2D eigenvalue weighted by molar-refractivity contribution is -0.123. The summed E-state index contributed by atoms with van der Waals surface area (Å²) in [4.78, 5) is 13.8. The number of hydrogen-bond acceptors (Lipinski definition) is 2. The molecule has 0 aliphatic carbocycles. The zero-order valence-corrected chi connectivity index (χ0v) is 14.7. The van der Waals surface area contributed by atoms with Crippen molar-refractivity contribution in [3.05, 3.63) is 56.7 Å². The summed E-state index contributed by atoms with van der Waals surface area (Å²) in [6.45, 7) is 4.86. The molecule has 0 aliphatic rings. The molecular weight excluding hydrogens is 346 g/mol. The summed E-state index contributed by atoms with van der Waals surface area (Å²) in [5.74, 6) is 0.349. The Bertz CT molecular complexity index is 581. The SMILES string of the molecule is CCC(C)C(C(=O)NCc1cc(Br)cs1)c1ccccc1. The van der Waals surface area contributed by atoms with Crippen LogP contribution in [0.15, 0.2) is 46.3 Å².